The highest BCUT2D eigenvalue weighted by Crippen LogP contribution is 2.36. The predicted octanol–water partition coefficient (Wildman–Crippen LogP) is 4.89. The van der Waals surface area contributed by atoms with Gasteiger partial charge in [-0.05, 0) is 50.1 Å². The van der Waals surface area contributed by atoms with Crippen molar-refractivity contribution in [3.05, 3.63) is 71.8 Å². The van der Waals surface area contributed by atoms with Gasteiger partial charge in [-0.1, -0.05) is 12.1 Å². The number of aryl methyl sites for hydroxylation is 1. The van der Waals surface area contributed by atoms with Crippen LogP contribution < -0.4 is 9.47 Å². The number of carbonyl (C=O) groups excluding carboxylic acids is 1. The number of aromatic nitrogens is 2. The van der Waals surface area contributed by atoms with Gasteiger partial charge in [-0.25, -0.2) is 4.98 Å². The molecule has 174 valence electrons. The van der Waals surface area contributed by atoms with Crippen molar-refractivity contribution in [2.24, 2.45) is 0 Å². The van der Waals surface area contributed by atoms with Crippen molar-refractivity contribution in [3.8, 4) is 17.2 Å². The number of nitrogens with zero attached hydrogens (tertiary/aromatic N) is 3. The molecule has 1 saturated heterocycles. The number of imidazole rings is 1. The summed E-state index contributed by atoms with van der Waals surface area (Å²) < 4.78 is 52.6. The lowest BCUT2D eigenvalue weighted by molar-refractivity contribution is -0.139. The highest BCUT2D eigenvalue weighted by molar-refractivity contribution is 5.95. The lowest BCUT2D eigenvalue weighted by atomic mass is 10.1. The molecule has 0 aliphatic carbocycles. The smallest absolute Gasteiger partial charge is 0.419 e. The normalized spacial score (nSPS) is 16.2. The monoisotopic (exact) mass is 459 g/mol. The van der Waals surface area contributed by atoms with E-state index in [2.05, 4.69) is 4.98 Å². The molecule has 1 unspecified atom stereocenters. The summed E-state index contributed by atoms with van der Waals surface area (Å²) in [6.07, 6.45) is 0.425. The van der Waals surface area contributed by atoms with Crippen LogP contribution in [0.5, 0.6) is 11.5 Å². The average Bonchev–Trinajstić information content (AvgIpc) is 3.45. The Bertz CT molecular complexity index is 1140. The number of para-hydroxylation sites is 1. The van der Waals surface area contributed by atoms with E-state index in [-0.39, 0.29) is 24.3 Å². The van der Waals surface area contributed by atoms with Gasteiger partial charge in [-0.3, -0.25) is 4.79 Å². The van der Waals surface area contributed by atoms with E-state index < -0.39 is 11.7 Å². The first-order valence-corrected chi connectivity index (χ1v) is 10.6. The number of ether oxygens (including phenoxy) is 2. The van der Waals surface area contributed by atoms with Crippen LogP contribution in [0, 0.1) is 6.92 Å². The summed E-state index contributed by atoms with van der Waals surface area (Å²) >= 11 is 0. The van der Waals surface area contributed by atoms with Gasteiger partial charge in [-0.2, -0.15) is 13.2 Å². The van der Waals surface area contributed by atoms with Crippen LogP contribution in [0.3, 0.4) is 0 Å². The zero-order chi connectivity index (χ0) is 23.6. The number of likely N-dealkylation sites (tertiary alicyclic amines) is 1. The molecule has 1 aliphatic heterocycles. The second-order valence-electron chi connectivity index (χ2n) is 7.91. The maximum absolute atomic E-state index is 13.2. The Morgan fingerprint density at radius 3 is 2.67 bits per heavy atom. The van der Waals surface area contributed by atoms with Gasteiger partial charge >= 0.3 is 6.18 Å². The van der Waals surface area contributed by atoms with E-state index in [1.165, 1.54) is 25.3 Å². The number of rotatable bonds is 6. The molecule has 1 aromatic heterocycles. The summed E-state index contributed by atoms with van der Waals surface area (Å²) in [6.45, 7) is 2.38. The number of hydrogen-bond acceptors (Lipinski definition) is 4. The summed E-state index contributed by atoms with van der Waals surface area (Å²) in [5.74, 6) is 0.0761. The molecule has 0 saturated carbocycles. The van der Waals surface area contributed by atoms with E-state index in [9.17, 15) is 18.0 Å². The molecule has 0 spiro atoms. The number of benzene rings is 2. The molecule has 4 rings (SSSR count). The lowest BCUT2D eigenvalue weighted by Crippen LogP contribution is -2.39. The fourth-order valence-corrected chi connectivity index (χ4v) is 4.03. The largest absolute Gasteiger partial charge is 0.495 e. The number of methoxy groups -OCH3 is 1. The maximum atomic E-state index is 13.2. The standard InChI is InChI=1S/C24H24F3N3O3/c1-16-13-29(15-28-16)20-10-9-17(12-22(20)32-2)23(31)30-11-5-6-18(30)14-33-21-8-4-3-7-19(21)24(25,26)27/h3-4,7-10,12-13,15,18H,5-6,11,14H2,1-2H3. The van der Waals surface area contributed by atoms with Crippen LogP contribution in [-0.2, 0) is 6.18 Å². The molecule has 1 fully saturated rings. The van der Waals surface area contributed by atoms with Crippen LogP contribution in [-0.4, -0.2) is 46.7 Å². The molecule has 1 amide bonds. The summed E-state index contributed by atoms with van der Waals surface area (Å²) in [5, 5.41) is 0. The quantitative estimate of drug-likeness (QED) is 0.527. The molecule has 6 nitrogen and oxygen atoms in total. The highest BCUT2D eigenvalue weighted by atomic mass is 19.4. The van der Waals surface area contributed by atoms with Crippen molar-refractivity contribution >= 4 is 5.91 Å². The molecule has 0 radical (unpaired) electrons. The minimum absolute atomic E-state index is 0.0115. The van der Waals surface area contributed by atoms with E-state index in [0.29, 0.717) is 24.3 Å². The van der Waals surface area contributed by atoms with Gasteiger partial charge in [0.15, 0.2) is 0 Å². The molecule has 2 heterocycles. The third-order valence-electron chi connectivity index (χ3n) is 5.68. The van der Waals surface area contributed by atoms with Crippen molar-refractivity contribution in [2.75, 3.05) is 20.3 Å². The van der Waals surface area contributed by atoms with E-state index in [4.69, 9.17) is 9.47 Å². The van der Waals surface area contributed by atoms with Crippen molar-refractivity contribution in [1.82, 2.24) is 14.5 Å². The van der Waals surface area contributed by atoms with Crippen LogP contribution in [0.4, 0.5) is 13.2 Å². The Labute approximate surface area is 189 Å². The van der Waals surface area contributed by atoms with Crippen LogP contribution >= 0.6 is 0 Å². The fourth-order valence-electron chi connectivity index (χ4n) is 4.03. The van der Waals surface area contributed by atoms with E-state index in [1.54, 1.807) is 29.4 Å². The summed E-state index contributed by atoms with van der Waals surface area (Å²) in [6, 6.07) is 9.96. The van der Waals surface area contributed by atoms with Crippen molar-refractivity contribution < 1.29 is 27.4 Å². The topological polar surface area (TPSA) is 56.6 Å². The highest BCUT2D eigenvalue weighted by Gasteiger charge is 2.35. The van der Waals surface area contributed by atoms with Crippen LogP contribution in [0.2, 0.25) is 0 Å². The third kappa shape index (κ3) is 4.81. The molecular weight excluding hydrogens is 435 g/mol. The second-order valence-corrected chi connectivity index (χ2v) is 7.91. The van der Waals surface area contributed by atoms with Crippen molar-refractivity contribution in [2.45, 2.75) is 32.0 Å². The number of amides is 1. The molecule has 0 N–H and O–H groups in total. The van der Waals surface area contributed by atoms with Crippen molar-refractivity contribution in [1.29, 1.82) is 0 Å². The van der Waals surface area contributed by atoms with Crippen molar-refractivity contribution in [3.63, 3.8) is 0 Å². The molecule has 2 aromatic carbocycles. The molecule has 1 aliphatic rings. The SMILES string of the molecule is COc1cc(C(=O)N2CCCC2COc2ccccc2C(F)(F)F)ccc1-n1cnc(C)c1. The Morgan fingerprint density at radius 1 is 1.18 bits per heavy atom. The molecule has 9 heteroatoms. The first-order valence-electron chi connectivity index (χ1n) is 10.6. The predicted molar refractivity (Wildman–Crippen MR) is 116 cm³/mol. The zero-order valence-corrected chi connectivity index (χ0v) is 18.3. The minimum Gasteiger partial charge on any atom is -0.495 e. The third-order valence-corrected chi connectivity index (χ3v) is 5.68. The van der Waals surface area contributed by atoms with Gasteiger partial charge in [0.05, 0.1) is 36.4 Å². The van der Waals surface area contributed by atoms with Gasteiger partial charge in [0.25, 0.3) is 5.91 Å². The summed E-state index contributed by atoms with van der Waals surface area (Å²) in [5.41, 5.74) is 1.22. The molecular formula is C24H24F3N3O3. The average molecular weight is 459 g/mol. The van der Waals surface area contributed by atoms with E-state index in [1.807, 2.05) is 17.7 Å². The Hall–Kier alpha value is -3.49. The number of carbonyl (C=O) groups is 1. The lowest BCUT2D eigenvalue weighted by Gasteiger charge is -2.26. The number of alkyl halides is 3. The number of halogens is 3. The van der Waals surface area contributed by atoms with Crippen LogP contribution in [0.25, 0.3) is 5.69 Å². The van der Waals surface area contributed by atoms with Gasteiger partial charge < -0.3 is 18.9 Å². The van der Waals surface area contributed by atoms with Gasteiger partial charge in [0.1, 0.15) is 18.1 Å². The van der Waals surface area contributed by atoms with Crippen LogP contribution in [0.1, 0.15) is 34.5 Å². The fraction of sp³-hybridized carbons (Fsp3) is 0.333. The Balaban J connectivity index is 1.50. The molecule has 33 heavy (non-hydrogen) atoms. The van der Waals surface area contributed by atoms with E-state index in [0.717, 1.165) is 23.9 Å². The number of hydrogen-bond donors (Lipinski definition) is 0. The van der Waals surface area contributed by atoms with Gasteiger partial charge in [-0.15, -0.1) is 0 Å². The Kier molecular flexibility index (Phi) is 6.31. The molecule has 1 atom stereocenters. The minimum atomic E-state index is -4.51. The summed E-state index contributed by atoms with van der Waals surface area (Å²) in [4.78, 5) is 19.1. The van der Waals surface area contributed by atoms with E-state index >= 15 is 0 Å². The first kappa shape index (κ1) is 22.7. The summed E-state index contributed by atoms with van der Waals surface area (Å²) in [7, 11) is 1.53. The maximum Gasteiger partial charge on any atom is 0.419 e. The van der Waals surface area contributed by atoms with Gasteiger partial charge in [0.2, 0.25) is 0 Å². The zero-order valence-electron chi connectivity index (χ0n) is 18.3. The Morgan fingerprint density at radius 2 is 1.97 bits per heavy atom. The molecule has 0 bridgehead atoms. The molecule has 3 aromatic rings. The van der Waals surface area contributed by atoms with Gasteiger partial charge in [0, 0.05) is 18.3 Å². The first-order chi connectivity index (χ1) is 15.8. The second kappa shape index (κ2) is 9.17. The van der Waals surface area contributed by atoms with Crippen LogP contribution in [0.15, 0.2) is 55.0 Å².